The summed E-state index contributed by atoms with van der Waals surface area (Å²) in [4.78, 5) is 2.72. The molecule has 0 amide bonds. The van der Waals surface area contributed by atoms with Crippen molar-refractivity contribution in [3.8, 4) is 0 Å². The monoisotopic (exact) mass is 252 g/mol. The fourth-order valence-corrected chi connectivity index (χ4v) is 3.21. The van der Waals surface area contributed by atoms with Crippen LogP contribution in [0.1, 0.15) is 60.3 Å². The van der Waals surface area contributed by atoms with Crippen molar-refractivity contribution in [3.63, 3.8) is 0 Å². The van der Waals surface area contributed by atoms with Gasteiger partial charge in [-0.15, -0.1) is 0 Å². The summed E-state index contributed by atoms with van der Waals surface area (Å²) in [6.07, 6.45) is 9.40. The first-order chi connectivity index (χ1) is 8.62. The molecule has 2 heteroatoms. The molecule has 0 radical (unpaired) electrons. The Balaban J connectivity index is 2.91. The summed E-state index contributed by atoms with van der Waals surface area (Å²) in [7, 11) is 0. The molecule has 0 aromatic carbocycles. The van der Waals surface area contributed by atoms with Gasteiger partial charge in [0.2, 0.25) is 0 Å². The van der Waals surface area contributed by atoms with Crippen LogP contribution in [0.5, 0.6) is 0 Å². The third-order valence-corrected chi connectivity index (χ3v) is 5.19. The van der Waals surface area contributed by atoms with Crippen molar-refractivity contribution in [2.45, 2.75) is 71.4 Å². The second kappa shape index (κ2) is 6.72. The second-order valence-electron chi connectivity index (χ2n) is 5.72. The van der Waals surface area contributed by atoms with Crippen LogP contribution in [-0.4, -0.2) is 35.6 Å². The second-order valence-corrected chi connectivity index (χ2v) is 5.72. The lowest BCUT2D eigenvalue weighted by atomic mass is 9.80. The molecule has 1 aliphatic heterocycles. The fourth-order valence-electron chi connectivity index (χ4n) is 3.21. The van der Waals surface area contributed by atoms with Crippen LogP contribution in [0.2, 0.25) is 0 Å². The van der Waals surface area contributed by atoms with Gasteiger partial charge in [0.1, 0.15) is 0 Å². The number of hydrogen-bond donors (Lipinski definition) is 1. The van der Waals surface area contributed by atoms with Crippen LogP contribution in [0.15, 0.2) is 12.2 Å². The number of piperazine rings is 1. The zero-order valence-corrected chi connectivity index (χ0v) is 13.1. The standard InChI is InChI=1S/C16H32N2/c1-6-11-12-18-14-15(7-2,8-3)17-13-16(18,9-4)10-5/h6,11,17H,7-10,12-14H2,1-5H3/b11-6+. The molecule has 1 N–H and O–H groups in total. The van der Waals surface area contributed by atoms with Crippen LogP contribution in [-0.2, 0) is 0 Å². The van der Waals surface area contributed by atoms with Crippen molar-refractivity contribution in [3.05, 3.63) is 12.2 Å². The van der Waals surface area contributed by atoms with E-state index in [0.29, 0.717) is 11.1 Å². The van der Waals surface area contributed by atoms with Gasteiger partial charge in [0.05, 0.1) is 0 Å². The topological polar surface area (TPSA) is 15.3 Å². The Morgan fingerprint density at radius 2 is 1.67 bits per heavy atom. The Bertz CT molecular complexity index is 262. The summed E-state index contributed by atoms with van der Waals surface area (Å²) in [5, 5.41) is 3.87. The molecule has 0 aliphatic carbocycles. The summed E-state index contributed by atoms with van der Waals surface area (Å²) in [6.45, 7) is 14.8. The first-order valence-corrected chi connectivity index (χ1v) is 7.73. The molecular weight excluding hydrogens is 220 g/mol. The van der Waals surface area contributed by atoms with Crippen molar-refractivity contribution < 1.29 is 0 Å². The van der Waals surface area contributed by atoms with Gasteiger partial charge >= 0.3 is 0 Å². The van der Waals surface area contributed by atoms with E-state index in [2.05, 4.69) is 57.0 Å². The van der Waals surface area contributed by atoms with E-state index in [1.807, 2.05) is 0 Å². The van der Waals surface area contributed by atoms with Crippen molar-refractivity contribution in [2.24, 2.45) is 0 Å². The summed E-state index contributed by atoms with van der Waals surface area (Å²) >= 11 is 0. The SMILES string of the molecule is C/C=C/CN1CC(CC)(CC)NCC1(CC)CC. The quantitative estimate of drug-likeness (QED) is 0.727. The number of nitrogens with one attached hydrogen (secondary N) is 1. The van der Waals surface area contributed by atoms with Gasteiger partial charge in [-0.25, -0.2) is 0 Å². The van der Waals surface area contributed by atoms with Gasteiger partial charge in [-0.2, -0.15) is 0 Å². The van der Waals surface area contributed by atoms with E-state index in [4.69, 9.17) is 0 Å². The maximum Gasteiger partial charge on any atom is 0.0333 e. The molecule has 0 aromatic heterocycles. The Morgan fingerprint density at radius 3 is 2.11 bits per heavy atom. The van der Waals surface area contributed by atoms with Crippen LogP contribution in [0, 0.1) is 0 Å². The lowest BCUT2D eigenvalue weighted by molar-refractivity contribution is 0.00400. The van der Waals surface area contributed by atoms with Crippen molar-refractivity contribution in [2.75, 3.05) is 19.6 Å². The van der Waals surface area contributed by atoms with Gasteiger partial charge in [-0.1, -0.05) is 39.8 Å². The van der Waals surface area contributed by atoms with E-state index < -0.39 is 0 Å². The molecule has 1 fully saturated rings. The normalized spacial score (nSPS) is 23.6. The van der Waals surface area contributed by atoms with Gasteiger partial charge in [-0.05, 0) is 32.6 Å². The molecule has 0 spiro atoms. The van der Waals surface area contributed by atoms with Crippen LogP contribution in [0.25, 0.3) is 0 Å². The first kappa shape index (κ1) is 15.7. The van der Waals surface area contributed by atoms with Crippen molar-refractivity contribution in [1.82, 2.24) is 10.2 Å². The zero-order chi connectivity index (χ0) is 13.6. The minimum absolute atomic E-state index is 0.329. The Morgan fingerprint density at radius 1 is 1.06 bits per heavy atom. The highest BCUT2D eigenvalue weighted by molar-refractivity contribution is 5.05. The summed E-state index contributed by atoms with van der Waals surface area (Å²) < 4.78 is 0. The molecule has 0 saturated carbocycles. The van der Waals surface area contributed by atoms with E-state index >= 15 is 0 Å². The first-order valence-electron chi connectivity index (χ1n) is 7.73. The number of rotatable bonds is 6. The van der Waals surface area contributed by atoms with Crippen molar-refractivity contribution in [1.29, 1.82) is 0 Å². The molecule has 18 heavy (non-hydrogen) atoms. The van der Waals surface area contributed by atoms with Gasteiger partial charge < -0.3 is 5.32 Å². The largest absolute Gasteiger partial charge is 0.308 e. The van der Waals surface area contributed by atoms with Crippen LogP contribution >= 0.6 is 0 Å². The summed E-state index contributed by atoms with van der Waals surface area (Å²) in [5.74, 6) is 0. The Kier molecular flexibility index (Phi) is 5.87. The molecule has 0 atom stereocenters. The predicted molar refractivity (Wildman–Crippen MR) is 81.0 cm³/mol. The van der Waals surface area contributed by atoms with E-state index in [1.165, 1.54) is 32.2 Å². The minimum Gasteiger partial charge on any atom is -0.308 e. The molecule has 106 valence electrons. The van der Waals surface area contributed by atoms with Gasteiger partial charge in [0.15, 0.2) is 0 Å². The average molecular weight is 252 g/mol. The van der Waals surface area contributed by atoms with E-state index in [0.717, 1.165) is 13.1 Å². The molecule has 0 aromatic rings. The van der Waals surface area contributed by atoms with E-state index in [9.17, 15) is 0 Å². The fraction of sp³-hybridized carbons (Fsp3) is 0.875. The van der Waals surface area contributed by atoms with Gasteiger partial charge in [0, 0.05) is 30.7 Å². The molecule has 2 nitrogen and oxygen atoms in total. The van der Waals surface area contributed by atoms with E-state index in [1.54, 1.807) is 0 Å². The van der Waals surface area contributed by atoms with Crippen LogP contribution in [0.4, 0.5) is 0 Å². The lowest BCUT2D eigenvalue weighted by Crippen LogP contribution is -2.69. The van der Waals surface area contributed by atoms with Crippen LogP contribution < -0.4 is 5.32 Å². The lowest BCUT2D eigenvalue weighted by Gasteiger charge is -2.54. The summed E-state index contributed by atoms with van der Waals surface area (Å²) in [5.41, 5.74) is 0.683. The third kappa shape index (κ3) is 2.97. The average Bonchev–Trinajstić information content (AvgIpc) is 2.44. The molecule has 1 heterocycles. The van der Waals surface area contributed by atoms with E-state index in [-0.39, 0.29) is 0 Å². The molecule has 0 bridgehead atoms. The molecule has 1 saturated heterocycles. The summed E-state index contributed by atoms with van der Waals surface area (Å²) in [6, 6.07) is 0. The highest BCUT2D eigenvalue weighted by atomic mass is 15.3. The molecular formula is C16H32N2. The van der Waals surface area contributed by atoms with Gasteiger partial charge in [0.25, 0.3) is 0 Å². The predicted octanol–water partition coefficient (Wildman–Crippen LogP) is 3.59. The highest BCUT2D eigenvalue weighted by Crippen LogP contribution is 2.32. The highest BCUT2D eigenvalue weighted by Gasteiger charge is 2.43. The third-order valence-electron chi connectivity index (χ3n) is 5.19. The molecule has 1 rings (SSSR count). The smallest absolute Gasteiger partial charge is 0.0333 e. The van der Waals surface area contributed by atoms with Gasteiger partial charge in [-0.3, -0.25) is 4.90 Å². The molecule has 1 aliphatic rings. The Hall–Kier alpha value is -0.340. The zero-order valence-electron chi connectivity index (χ0n) is 13.1. The Labute approximate surface area is 114 Å². The van der Waals surface area contributed by atoms with Crippen molar-refractivity contribution >= 4 is 0 Å². The number of hydrogen-bond acceptors (Lipinski definition) is 2. The molecule has 0 unspecified atom stereocenters. The number of allylic oxidation sites excluding steroid dienone is 1. The maximum absolute atomic E-state index is 3.87. The maximum atomic E-state index is 3.87. The minimum atomic E-state index is 0.329. The van der Waals surface area contributed by atoms with Crippen LogP contribution in [0.3, 0.4) is 0 Å². The number of nitrogens with zero attached hydrogens (tertiary/aromatic N) is 1.